The minimum Gasteiger partial charge on any atom is -0.507 e. The molecule has 0 radical (unpaired) electrons. The van der Waals surface area contributed by atoms with Crippen LogP contribution in [0.5, 0.6) is 23.0 Å². The summed E-state index contributed by atoms with van der Waals surface area (Å²) in [4.78, 5) is 14.2. The van der Waals surface area contributed by atoms with E-state index < -0.39 is 125 Å². The number of fused-ring (bicyclic) bond motifs is 1. The molecule has 16 heteroatoms. The van der Waals surface area contributed by atoms with Crippen LogP contribution in [0.4, 0.5) is 0 Å². The van der Waals surface area contributed by atoms with Gasteiger partial charge in [-0.25, -0.2) is 0 Å². The van der Waals surface area contributed by atoms with Crippen molar-refractivity contribution in [3.63, 3.8) is 0 Å². The summed E-state index contributed by atoms with van der Waals surface area (Å²) < 4.78 is 22.3. The topological polar surface area (TPSA) is 280 Å². The monoisotopic (exact) mass is 624 g/mol. The van der Waals surface area contributed by atoms with Crippen molar-refractivity contribution in [1.29, 1.82) is 0 Å². The Bertz CT molecular complexity index is 1580. The lowest BCUT2D eigenvalue weighted by atomic mass is 9.87. The summed E-state index contributed by atoms with van der Waals surface area (Å²) in [5.41, 5.74) is -2.79. The van der Waals surface area contributed by atoms with Gasteiger partial charge < -0.3 is 74.8 Å². The molecule has 2 aliphatic rings. The number of rotatable bonds is 6. The van der Waals surface area contributed by atoms with Crippen molar-refractivity contribution in [3.8, 4) is 34.3 Å². The number of phenols is 3. The highest BCUT2D eigenvalue weighted by Crippen LogP contribution is 2.46. The molecule has 2 fully saturated rings. The number of benzene rings is 2. The molecule has 2 aromatic carbocycles. The van der Waals surface area contributed by atoms with Crippen LogP contribution in [0.15, 0.2) is 33.5 Å². The Balaban J connectivity index is 1.84. The lowest BCUT2D eigenvalue weighted by molar-refractivity contribution is -0.232. The number of methoxy groups -OCH3 is 1. The normalized spacial score (nSPS) is 32.6. The molecular formula is C28H32O16. The first kappa shape index (κ1) is 31.9. The number of hydrogen-bond acceptors (Lipinski definition) is 16. The largest absolute Gasteiger partial charge is 0.507 e. The fraction of sp³-hybridized carbons (Fsp3) is 0.464. The maximum atomic E-state index is 14.2. The number of phenolic OH excluding ortho intramolecular Hbond substituents is 3. The molecule has 0 aliphatic carbocycles. The predicted octanol–water partition coefficient (Wildman–Crippen LogP) is -2.38. The summed E-state index contributed by atoms with van der Waals surface area (Å²) >= 11 is 0. The number of aliphatic hydroxyl groups is 8. The first-order valence-corrected chi connectivity index (χ1v) is 13.4. The van der Waals surface area contributed by atoms with Gasteiger partial charge >= 0.3 is 0 Å². The van der Waals surface area contributed by atoms with Crippen molar-refractivity contribution in [2.24, 2.45) is 0 Å². The predicted molar refractivity (Wildman–Crippen MR) is 145 cm³/mol. The number of aromatic hydroxyl groups is 3. The van der Waals surface area contributed by atoms with E-state index in [0.29, 0.717) is 6.07 Å². The molecule has 2 saturated heterocycles. The third-order valence-electron chi connectivity index (χ3n) is 7.99. The number of hydrogen-bond donors (Lipinski definition) is 11. The minimum atomic E-state index is -1.98. The van der Waals surface area contributed by atoms with Crippen molar-refractivity contribution in [2.45, 2.75) is 61.0 Å². The first-order valence-electron chi connectivity index (χ1n) is 13.4. The molecule has 0 bridgehead atoms. The molecule has 0 amide bonds. The fourth-order valence-electron chi connectivity index (χ4n) is 5.63. The molecule has 11 N–H and O–H groups in total. The molecule has 0 saturated carbocycles. The second kappa shape index (κ2) is 12.1. The van der Waals surface area contributed by atoms with E-state index in [1.165, 1.54) is 19.2 Å². The van der Waals surface area contributed by atoms with Crippen LogP contribution >= 0.6 is 0 Å². The molecule has 5 rings (SSSR count). The Hall–Kier alpha value is -3.55. The smallest absolute Gasteiger partial charge is 0.203 e. The minimum absolute atomic E-state index is 0.0172. The molecule has 0 unspecified atom stereocenters. The van der Waals surface area contributed by atoms with E-state index in [2.05, 4.69) is 0 Å². The maximum absolute atomic E-state index is 14.2. The highest BCUT2D eigenvalue weighted by atomic mass is 16.6. The molecule has 16 nitrogen and oxygen atoms in total. The summed E-state index contributed by atoms with van der Waals surface area (Å²) in [7, 11) is 1.28. The third kappa shape index (κ3) is 5.04. The van der Waals surface area contributed by atoms with Crippen molar-refractivity contribution >= 4 is 11.0 Å². The molecule has 3 aromatic rings. The average Bonchev–Trinajstić information content (AvgIpc) is 2.99. The van der Waals surface area contributed by atoms with E-state index in [0.717, 1.165) is 6.07 Å². The van der Waals surface area contributed by atoms with Gasteiger partial charge in [0, 0.05) is 11.6 Å². The third-order valence-corrected chi connectivity index (χ3v) is 7.99. The first-order chi connectivity index (χ1) is 20.9. The maximum Gasteiger partial charge on any atom is 0.203 e. The van der Waals surface area contributed by atoms with E-state index in [1.54, 1.807) is 0 Å². The van der Waals surface area contributed by atoms with Crippen LogP contribution in [0.3, 0.4) is 0 Å². The second-order valence-electron chi connectivity index (χ2n) is 10.6. The van der Waals surface area contributed by atoms with Crippen LogP contribution in [-0.4, -0.2) is 125 Å². The Morgan fingerprint density at radius 1 is 0.705 bits per heavy atom. The molecule has 1 aromatic heterocycles. The standard InChI is InChI=1S/C28H32O16/c1-41-12-3-2-8(4-9(12)31)25-17(28-24(40)22(38)19(35)14(7-30)43-28)20(36)15-10(32)5-11(33)16(26(15)44-25)27-23(39)21(37)18(34)13(6-29)42-27/h2-5,13-14,18-19,21-24,27-35,37-40H,6-7H2,1H3/t13-,14-,18-,19-,21+,22+,23+,24+,27-,28+/m0/s1. The number of ether oxygens (including phenoxy) is 3. The zero-order valence-electron chi connectivity index (χ0n) is 23.0. The van der Waals surface area contributed by atoms with E-state index in [9.17, 15) is 61.0 Å². The molecule has 2 aliphatic heterocycles. The van der Waals surface area contributed by atoms with E-state index >= 15 is 0 Å². The van der Waals surface area contributed by atoms with Gasteiger partial charge in [0.2, 0.25) is 5.43 Å². The Labute approximate surface area is 247 Å². The van der Waals surface area contributed by atoms with Gasteiger partial charge in [0.05, 0.1) is 31.5 Å². The van der Waals surface area contributed by atoms with E-state index in [4.69, 9.17) is 18.6 Å². The fourth-order valence-corrected chi connectivity index (χ4v) is 5.63. The lowest BCUT2D eigenvalue weighted by Gasteiger charge is -2.41. The number of aliphatic hydroxyl groups excluding tert-OH is 8. The quantitative estimate of drug-likeness (QED) is 0.136. The van der Waals surface area contributed by atoms with Crippen LogP contribution in [0.2, 0.25) is 0 Å². The summed E-state index contributed by atoms with van der Waals surface area (Å²) in [6.45, 7) is -1.65. The molecule has 0 spiro atoms. The van der Waals surface area contributed by atoms with Gasteiger partial charge in [0.15, 0.2) is 17.1 Å². The Morgan fingerprint density at radius 2 is 1.25 bits per heavy atom. The van der Waals surface area contributed by atoms with Gasteiger partial charge in [0.25, 0.3) is 0 Å². The van der Waals surface area contributed by atoms with Gasteiger partial charge in [-0.3, -0.25) is 4.79 Å². The second-order valence-corrected chi connectivity index (χ2v) is 10.6. The lowest BCUT2D eigenvalue weighted by Crippen LogP contribution is -2.56. The summed E-state index contributed by atoms with van der Waals surface area (Å²) in [6, 6.07) is 4.44. The summed E-state index contributed by atoms with van der Waals surface area (Å²) in [5.74, 6) is -2.51. The van der Waals surface area contributed by atoms with Crippen molar-refractivity contribution < 1.29 is 74.8 Å². The summed E-state index contributed by atoms with van der Waals surface area (Å²) in [6.07, 6.45) is -17.7. The van der Waals surface area contributed by atoms with Gasteiger partial charge in [0.1, 0.15) is 83.7 Å². The van der Waals surface area contributed by atoms with Crippen LogP contribution < -0.4 is 10.2 Å². The SMILES string of the molecule is COc1ccc(-c2oc3c([C@@H]4O[C@@H](CO)[C@H](O)[C@@H](O)[C@H]4O)c(O)cc(O)c3c(=O)c2[C@H]2O[C@@H](CO)[C@H](O)[C@@H](O)[C@H]2O)cc1O. The van der Waals surface area contributed by atoms with Gasteiger partial charge in [-0.2, -0.15) is 0 Å². The molecule has 44 heavy (non-hydrogen) atoms. The van der Waals surface area contributed by atoms with Crippen molar-refractivity contribution in [3.05, 3.63) is 45.6 Å². The van der Waals surface area contributed by atoms with Gasteiger partial charge in [-0.15, -0.1) is 0 Å². The average molecular weight is 625 g/mol. The molecule has 240 valence electrons. The van der Waals surface area contributed by atoms with Crippen LogP contribution in [0.25, 0.3) is 22.3 Å². The van der Waals surface area contributed by atoms with Crippen LogP contribution in [-0.2, 0) is 9.47 Å². The Morgan fingerprint density at radius 3 is 1.75 bits per heavy atom. The zero-order valence-corrected chi connectivity index (χ0v) is 23.0. The highest BCUT2D eigenvalue weighted by molar-refractivity contribution is 5.91. The summed E-state index contributed by atoms with van der Waals surface area (Å²) in [5, 5.41) is 114. The highest BCUT2D eigenvalue weighted by Gasteiger charge is 2.48. The van der Waals surface area contributed by atoms with Crippen LogP contribution in [0.1, 0.15) is 23.3 Å². The van der Waals surface area contributed by atoms with Crippen molar-refractivity contribution in [2.75, 3.05) is 20.3 Å². The van der Waals surface area contributed by atoms with E-state index in [1.807, 2.05) is 0 Å². The molecular weight excluding hydrogens is 592 g/mol. The molecule has 3 heterocycles. The van der Waals surface area contributed by atoms with Gasteiger partial charge in [-0.05, 0) is 18.2 Å². The zero-order chi connectivity index (χ0) is 32.2. The van der Waals surface area contributed by atoms with Gasteiger partial charge in [-0.1, -0.05) is 0 Å². The Kier molecular flexibility index (Phi) is 8.76. The van der Waals surface area contributed by atoms with E-state index in [-0.39, 0.29) is 11.3 Å². The van der Waals surface area contributed by atoms with Crippen molar-refractivity contribution in [1.82, 2.24) is 0 Å². The molecule has 10 atom stereocenters. The van der Waals surface area contributed by atoms with Crippen LogP contribution in [0, 0.1) is 0 Å².